The van der Waals surface area contributed by atoms with Gasteiger partial charge in [0.1, 0.15) is 11.2 Å². The van der Waals surface area contributed by atoms with Crippen molar-refractivity contribution >= 4 is 17.9 Å². The third-order valence-electron chi connectivity index (χ3n) is 4.53. The molecule has 1 N–H and O–H groups in total. The largest absolute Gasteiger partial charge is 0.336 e. The molecule has 2 aromatic carbocycles. The topological polar surface area (TPSA) is 73.2 Å². The molecular formula is C21H19N3O2. The molecule has 26 heavy (non-hydrogen) atoms. The van der Waals surface area contributed by atoms with E-state index in [-0.39, 0.29) is 17.5 Å². The molecule has 1 fully saturated rings. The van der Waals surface area contributed by atoms with Crippen LogP contribution < -0.4 is 5.32 Å². The molecule has 0 aromatic heterocycles. The molecule has 1 saturated heterocycles. The van der Waals surface area contributed by atoms with Gasteiger partial charge in [-0.3, -0.25) is 9.59 Å². The second kappa shape index (κ2) is 6.85. The number of likely N-dealkylation sites (N-methyl/N-ethyl adjacent to an activating group) is 1. The number of carbonyl (C=O) groups is 2. The molecular weight excluding hydrogens is 326 g/mol. The first-order valence-electron chi connectivity index (χ1n) is 8.30. The average Bonchev–Trinajstić information content (AvgIpc) is 2.64. The van der Waals surface area contributed by atoms with Crippen LogP contribution in [0.4, 0.5) is 0 Å². The van der Waals surface area contributed by atoms with Crippen molar-refractivity contribution in [1.29, 1.82) is 5.26 Å². The summed E-state index contributed by atoms with van der Waals surface area (Å²) in [7, 11) is 1.59. The highest BCUT2D eigenvalue weighted by molar-refractivity contribution is 6.09. The van der Waals surface area contributed by atoms with Gasteiger partial charge in [0.2, 0.25) is 0 Å². The van der Waals surface area contributed by atoms with Crippen molar-refractivity contribution < 1.29 is 9.59 Å². The average molecular weight is 345 g/mol. The molecule has 0 radical (unpaired) electrons. The second-order valence-electron chi connectivity index (χ2n) is 6.54. The zero-order chi connectivity index (χ0) is 18.7. The smallest absolute Gasteiger partial charge is 0.268 e. The molecule has 1 unspecified atom stereocenters. The Bertz CT molecular complexity index is 928. The van der Waals surface area contributed by atoms with Crippen molar-refractivity contribution in [2.75, 3.05) is 7.05 Å². The fourth-order valence-corrected chi connectivity index (χ4v) is 3.16. The van der Waals surface area contributed by atoms with Crippen LogP contribution in [0, 0.1) is 11.3 Å². The molecule has 5 heteroatoms. The Morgan fingerprint density at radius 1 is 1.12 bits per heavy atom. The van der Waals surface area contributed by atoms with Gasteiger partial charge in [0.25, 0.3) is 11.8 Å². The van der Waals surface area contributed by atoms with E-state index in [9.17, 15) is 14.9 Å². The maximum atomic E-state index is 13.0. The van der Waals surface area contributed by atoms with E-state index in [1.54, 1.807) is 44.3 Å². The van der Waals surface area contributed by atoms with Crippen LogP contribution in [-0.4, -0.2) is 29.3 Å². The van der Waals surface area contributed by atoms with Crippen LogP contribution in [0.2, 0.25) is 0 Å². The highest BCUT2D eigenvalue weighted by atomic mass is 16.2. The molecule has 5 nitrogen and oxygen atoms in total. The summed E-state index contributed by atoms with van der Waals surface area (Å²) in [5.41, 5.74) is 1.24. The van der Waals surface area contributed by atoms with Gasteiger partial charge in [0.15, 0.2) is 0 Å². The fraction of sp³-hybridized carbons (Fsp3) is 0.190. The predicted molar refractivity (Wildman–Crippen MR) is 98.6 cm³/mol. The Kier molecular flexibility index (Phi) is 4.59. The summed E-state index contributed by atoms with van der Waals surface area (Å²) < 4.78 is 0. The third-order valence-corrected chi connectivity index (χ3v) is 4.53. The van der Waals surface area contributed by atoms with Crippen molar-refractivity contribution in [2.24, 2.45) is 0 Å². The lowest BCUT2D eigenvalue weighted by Crippen LogP contribution is -2.64. The van der Waals surface area contributed by atoms with E-state index in [1.165, 1.54) is 4.90 Å². The first-order valence-corrected chi connectivity index (χ1v) is 8.30. The van der Waals surface area contributed by atoms with Crippen molar-refractivity contribution in [2.45, 2.75) is 18.9 Å². The lowest BCUT2D eigenvalue weighted by Gasteiger charge is -2.39. The number of piperazine rings is 1. The number of amides is 2. The number of benzene rings is 2. The molecule has 1 aliphatic rings. The van der Waals surface area contributed by atoms with Crippen LogP contribution in [0.1, 0.15) is 23.6 Å². The van der Waals surface area contributed by atoms with Crippen LogP contribution in [0.5, 0.6) is 0 Å². The Morgan fingerprint density at radius 2 is 1.77 bits per heavy atom. The zero-order valence-electron chi connectivity index (χ0n) is 14.7. The lowest BCUT2D eigenvalue weighted by atomic mass is 9.88. The van der Waals surface area contributed by atoms with Crippen LogP contribution >= 0.6 is 0 Å². The highest BCUT2D eigenvalue weighted by Gasteiger charge is 2.44. The quantitative estimate of drug-likeness (QED) is 0.869. The molecule has 2 aromatic rings. The van der Waals surface area contributed by atoms with Gasteiger partial charge in [-0.2, -0.15) is 5.26 Å². The van der Waals surface area contributed by atoms with Crippen LogP contribution in [0.25, 0.3) is 6.08 Å². The van der Waals surface area contributed by atoms with Gasteiger partial charge in [0, 0.05) is 13.5 Å². The monoisotopic (exact) mass is 345 g/mol. The SMILES string of the molecule is CN1C(=O)C(C)(Cc2ccccc2)NC(=O)/C1=C/c1ccccc1C#N. The van der Waals surface area contributed by atoms with Crippen LogP contribution in [-0.2, 0) is 16.0 Å². The van der Waals surface area contributed by atoms with Gasteiger partial charge < -0.3 is 10.2 Å². The maximum Gasteiger partial charge on any atom is 0.268 e. The van der Waals surface area contributed by atoms with Gasteiger partial charge in [0.05, 0.1) is 11.6 Å². The molecule has 1 heterocycles. The number of nitrogens with one attached hydrogen (secondary N) is 1. The fourth-order valence-electron chi connectivity index (χ4n) is 3.16. The number of hydrogen-bond donors (Lipinski definition) is 1. The molecule has 0 bridgehead atoms. The van der Waals surface area contributed by atoms with Crippen molar-refractivity contribution in [3.8, 4) is 6.07 Å². The summed E-state index contributed by atoms with van der Waals surface area (Å²) >= 11 is 0. The number of hydrogen-bond acceptors (Lipinski definition) is 3. The molecule has 130 valence electrons. The van der Waals surface area contributed by atoms with Gasteiger partial charge in [-0.1, -0.05) is 48.5 Å². The van der Waals surface area contributed by atoms with Gasteiger partial charge in [-0.15, -0.1) is 0 Å². The maximum absolute atomic E-state index is 13.0. The van der Waals surface area contributed by atoms with Gasteiger partial charge >= 0.3 is 0 Å². The van der Waals surface area contributed by atoms with Gasteiger partial charge in [-0.05, 0) is 30.2 Å². The first kappa shape index (κ1) is 17.4. The first-order chi connectivity index (χ1) is 12.4. The zero-order valence-corrected chi connectivity index (χ0v) is 14.7. The Labute approximate surface area is 152 Å². The lowest BCUT2D eigenvalue weighted by molar-refractivity contribution is -0.143. The Hall–Kier alpha value is -3.39. The van der Waals surface area contributed by atoms with E-state index in [2.05, 4.69) is 11.4 Å². The summed E-state index contributed by atoms with van der Waals surface area (Å²) in [4.78, 5) is 27.0. The van der Waals surface area contributed by atoms with Crippen molar-refractivity contribution in [3.05, 3.63) is 77.0 Å². The summed E-state index contributed by atoms with van der Waals surface area (Å²) in [6.07, 6.45) is 1.98. The second-order valence-corrected chi connectivity index (χ2v) is 6.54. The standard InChI is InChI=1S/C21H19N3O2/c1-21(13-15-8-4-3-5-9-15)20(26)24(2)18(19(25)23-21)12-16-10-6-7-11-17(16)14-22/h3-12H,13H2,1-2H3,(H,23,25)/b18-12-. The molecule has 3 rings (SSSR count). The molecule has 0 saturated carbocycles. The molecule has 1 aliphatic heterocycles. The predicted octanol–water partition coefficient (Wildman–Crippen LogP) is 2.49. The number of nitriles is 1. The highest BCUT2D eigenvalue weighted by Crippen LogP contribution is 2.25. The van der Waals surface area contributed by atoms with E-state index in [1.807, 2.05) is 30.3 Å². The summed E-state index contributed by atoms with van der Waals surface area (Å²) in [6.45, 7) is 1.73. The number of rotatable bonds is 3. The minimum absolute atomic E-state index is 0.193. The van der Waals surface area contributed by atoms with E-state index >= 15 is 0 Å². The van der Waals surface area contributed by atoms with E-state index in [0.29, 0.717) is 17.5 Å². The number of carbonyl (C=O) groups excluding carboxylic acids is 2. The minimum atomic E-state index is -1.01. The normalized spacial score (nSPS) is 21.4. The molecule has 0 aliphatic carbocycles. The Morgan fingerprint density at radius 3 is 2.46 bits per heavy atom. The molecule has 1 atom stereocenters. The van der Waals surface area contributed by atoms with Crippen molar-refractivity contribution in [3.63, 3.8) is 0 Å². The van der Waals surface area contributed by atoms with Crippen LogP contribution in [0.15, 0.2) is 60.3 Å². The molecule has 0 spiro atoms. The van der Waals surface area contributed by atoms with Crippen molar-refractivity contribution in [1.82, 2.24) is 10.2 Å². The van der Waals surface area contributed by atoms with E-state index in [4.69, 9.17) is 0 Å². The van der Waals surface area contributed by atoms with Gasteiger partial charge in [-0.25, -0.2) is 0 Å². The van der Waals surface area contributed by atoms with E-state index in [0.717, 1.165) is 5.56 Å². The summed E-state index contributed by atoms with van der Waals surface area (Å²) in [5.74, 6) is -0.528. The summed E-state index contributed by atoms with van der Waals surface area (Å²) in [6, 6.07) is 18.6. The molecule has 2 amide bonds. The van der Waals surface area contributed by atoms with E-state index < -0.39 is 5.54 Å². The third kappa shape index (κ3) is 3.22. The minimum Gasteiger partial charge on any atom is -0.336 e. The van der Waals surface area contributed by atoms with Crippen LogP contribution in [0.3, 0.4) is 0 Å². The number of nitrogens with zero attached hydrogens (tertiary/aromatic N) is 2. The summed E-state index contributed by atoms with van der Waals surface area (Å²) in [5, 5.41) is 12.1. The Balaban J connectivity index is 1.93.